The van der Waals surface area contributed by atoms with Crippen LogP contribution in [0.1, 0.15) is 29.0 Å². The van der Waals surface area contributed by atoms with Gasteiger partial charge in [0.05, 0.1) is 3.79 Å². The average molecular weight is 336 g/mol. The number of fused-ring (bicyclic) bond motifs is 1. The Morgan fingerprint density at radius 2 is 2.11 bits per heavy atom. The SMILES string of the molecule is CCNC1c2ccccc2CC1Cc1ccc(Br)s1. The molecule has 0 fully saturated rings. The summed E-state index contributed by atoms with van der Waals surface area (Å²) < 4.78 is 1.23. The van der Waals surface area contributed by atoms with Crippen LogP contribution >= 0.6 is 27.3 Å². The van der Waals surface area contributed by atoms with Crippen molar-refractivity contribution in [1.82, 2.24) is 5.32 Å². The van der Waals surface area contributed by atoms with Crippen molar-refractivity contribution in [2.45, 2.75) is 25.8 Å². The van der Waals surface area contributed by atoms with Gasteiger partial charge in [-0.3, -0.25) is 0 Å². The van der Waals surface area contributed by atoms with E-state index in [2.05, 4.69) is 64.6 Å². The second-order valence-electron chi connectivity index (χ2n) is 5.11. The molecule has 1 aliphatic rings. The van der Waals surface area contributed by atoms with E-state index in [0.717, 1.165) is 6.54 Å². The van der Waals surface area contributed by atoms with Crippen LogP contribution in [-0.4, -0.2) is 6.54 Å². The van der Waals surface area contributed by atoms with E-state index >= 15 is 0 Å². The van der Waals surface area contributed by atoms with Crippen LogP contribution in [0.4, 0.5) is 0 Å². The van der Waals surface area contributed by atoms with Crippen LogP contribution in [0.25, 0.3) is 0 Å². The van der Waals surface area contributed by atoms with Gasteiger partial charge in [0.1, 0.15) is 0 Å². The van der Waals surface area contributed by atoms with Gasteiger partial charge in [0, 0.05) is 10.9 Å². The Kier molecular flexibility index (Phi) is 4.06. The lowest BCUT2D eigenvalue weighted by molar-refractivity contribution is 0.396. The standard InChI is InChI=1S/C16H18BrNS/c1-2-18-16-12(10-13-7-8-15(17)19-13)9-11-5-3-4-6-14(11)16/h3-8,12,16,18H,2,9-10H2,1H3. The van der Waals surface area contributed by atoms with Gasteiger partial charge in [-0.05, 0) is 64.5 Å². The van der Waals surface area contributed by atoms with Crippen molar-refractivity contribution in [3.63, 3.8) is 0 Å². The van der Waals surface area contributed by atoms with Gasteiger partial charge < -0.3 is 5.32 Å². The fourth-order valence-electron chi connectivity index (χ4n) is 3.08. The van der Waals surface area contributed by atoms with Crippen LogP contribution in [0.2, 0.25) is 0 Å². The fraction of sp³-hybridized carbons (Fsp3) is 0.375. The minimum atomic E-state index is 0.516. The molecule has 3 heteroatoms. The maximum absolute atomic E-state index is 3.67. The third kappa shape index (κ3) is 2.78. The lowest BCUT2D eigenvalue weighted by Gasteiger charge is -2.20. The molecule has 1 aliphatic carbocycles. The van der Waals surface area contributed by atoms with Crippen LogP contribution in [0.3, 0.4) is 0 Å². The summed E-state index contributed by atoms with van der Waals surface area (Å²) in [6.45, 7) is 3.23. The maximum atomic E-state index is 3.67. The smallest absolute Gasteiger partial charge is 0.0701 e. The number of benzene rings is 1. The van der Waals surface area contributed by atoms with Crippen LogP contribution in [0.15, 0.2) is 40.2 Å². The Balaban J connectivity index is 1.82. The van der Waals surface area contributed by atoms with Crippen LogP contribution in [0, 0.1) is 5.92 Å². The molecule has 0 aliphatic heterocycles. The fourth-order valence-corrected chi connectivity index (χ4v) is 4.66. The second kappa shape index (κ2) is 5.78. The van der Waals surface area contributed by atoms with E-state index < -0.39 is 0 Å². The van der Waals surface area contributed by atoms with Crippen LogP contribution < -0.4 is 5.32 Å². The molecule has 2 unspecified atom stereocenters. The first-order valence-corrected chi connectivity index (χ1v) is 8.44. The van der Waals surface area contributed by atoms with Crippen molar-refractivity contribution in [2.75, 3.05) is 6.54 Å². The van der Waals surface area contributed by atoms with E-state index in [0.29, 0.717) is 12.0 Å². The Labute approximate surface area is 127 Å². The Morgan fingerprint density at radius 1 is 1.26 bits per heavy atom. The summed E-state index contributed by atoms with van der Waals surface area (Å²) in [4.78, 5) is 1.48. The zero-order valence-corrected chi connectivity index (χ0v) is 13.4. The topological polar surface area (TPSA) is 12.0 Å². The maximum Gasteiger partial charge on any atom is 0.0701 e. The molecule has 3 rings (SSSR count). The molecule has 0 saturated carbocycles. The summed E-state index contributed by atoms with van der Waals surface area (Å²) in [6, 6.07) is 13.8. The van der Waals surface area contributed by atoms with Gasteiger partial charge in [-0.2, -0.15) is 0 Å². The number of nitrogens with one attached hydrogen (secondary N) is 1. The predicted octanol–water partition coefficient (Wildman–Crippen LogP) is 4.58. The molecule has 1 aromatic heterocycles. The largest absolute Gasteiger partial charge is 0.310 e. The molecule has 2 aromatic rings. The molecular formula is C16H18BrNS. The molecule has 1 aromatic carbocycles. The number of halogens is 1. The van der Waals surface area contributed by atoms with Crippen molar-refractivity contribution < 1.29 is 0 Å². The number of hydrogen-bond acceptors (Lipinski definition) is 2. The molecule has 1 N–H and O–H groups in total. The third-order valence-corrected chi connectivity index (χ3v) is 5.51. The molecule has 100 valence electrons. The van der Waals surface area contributed by atoms with Gasteiger partial charge in [-0.25, -0.2) is 0 Å². The number of rotatable bonds is 4. The highest BCUT2D eigenvalue weighted by Gasteiger charge is 2.31. The zero-order valence-electron chi connectivity index (χ0n) is 11.0. The highest BCUT2D eigenvalue weighted by molar-refractivity contribution is 9.11. The molecule has 19 heavy (non-hydrogen) atoms. The quantitative estimate of drug-likeness (QED) is 0.862. The molecule has 0 amide bonds. The van der Waals surface area contributed by atoms with E-state index in [9.17, 15) is 0 Å². The van der Waals surface area contributed by atoms with Gasteiger partial charge in [-0.1, -0.05) is 31.2 Å². The monoisotopic (exact) mass is 335 g/mol. The van der Waals surface area contributed by atoms with Gasteiger partial charge in [-0.15, -0.1) is 11.3 Å². The highest BCUT2D eigenvalue weighted by Crippen LogP contribution is 2.39. The summed E-state index contributed by atoms with van der Waals surface area (Å²) in [5, 5.41) is 3.67. The summed E-state index contributed by atoms with van der Waals surface area (Å²) in [5.74, 6) is 0.683. The third-order valence-electron chi connectivity index (χ3n) is 3.86. The summed E-state index contributed by atoms with van der Waals surface area (Å²) in [5.41, 5.74) is 3.03. The van der Waals surface area contributed by atoms with Crippen molar-refractivity contribution in [1.29, 1.82) is 0 Å². The summed E-state index contributed by atoms with van der Waals surface area (Å²) in [6.07, 6.45) is 2.37. The van der Waals surface area contributed by atoms with Crippen LogP contribution in [-0.2, 0) is 12.8 Å². The van der Waals surface area contributed by atoms with Gasteiger partial charge in [0.2, 0.25) is 0 Å². The first-order valence-electron chi connectivity index (χ1n) is 6.83. The molecular weight excluding hydrogens is 318 g/mol. The van der Waals surface area contributed by atoms with Crippen molar-refractivity contribution >= 4 is 27.3 Å². The lowest BCUT2D eigenvalue weighted by Crippen LogP contribution is -2.26. The molecule has 0 radical (unpaired) electrons. The molecule has 0 bridgehead atoms. The van der Waals surface area contributed by atoms with E-state index in [-0.39, 0.29) is 0 Å². The van der Waals surface area contributed by atoms with Crippen LogP contribution in [0.5, 0.6) is 0 Å². The number of hydrogen-bond donors (Lipinski definition) is 1. The van der Waals surface area contributed by atoms with Crippen molar-refractivity contribution in [3.8, 4) is 0 Å². The molecule has 2 atom stereocenters. The Hall–Kier alpha value is -0.640. The van der Waals surface area contributed by atoms with Crippen molar-refractivity contribution in [3.05, 3.63) is 56.2 Å². The number of thiophene rings is 1. The minimum Gasteiger partial charge on any atom is -0.310 e. The summed E-state index contributed by atoms with van der Waals surface area (Å²) in [7, 11) is 0. The van der Waals surface area contributed by atoms with Crippen molar-refractivity contribution in [2.24, 2.45) is 5.92 Å². The zero-order chi connectivity index (χ0) is 13.2. The molecule has 0 saturated heterocycles. The second-order valence-corrected chi connectivity index (χ2v) is 7.66. The molecule has 1 nitrogen and oxygen atoms in total. The van der Waals surface area contributed by atoms with Gasteiger partial charge in [0.25, 0.3) is 0 Å². The van der Waals surface area contributed by atoms with Gasteiger partial charge in [0.15, 0.2) is 0 Å². The first-order chi connectivity index (χ1) is 9.28. The lowest BCUT2D eigenvalue weighted by atomic mass is 9.96. The van der Waals surface area contributed by atoms with E-state index in [1.54, 1.807) is 0 Å². The van der Waals surface area contributed by atoms with E-state index in [1.807, 2.05) is 11.3 Å². The normalized spacial score (nSPS) is 21.6. The van der Waals surface area contributed by atoms with E-state index in [4.69, 9.17) is 0 Å². The minimum absolute atomic E-state index is 0.516. The average Bonchev–Trinajstić information content (AvgIpc) is 2.96. The first kappa shape index (κ1) is 13.3. The van der Waals surface area contributed by atoms with Gasteiger partial charge >= 0.3 is 0 Å². The highest BCUT2D eigenvalue weighted by atomic mass is 79.9. The predicted molar refractivity (Wildman–Crippen MR) is 85.8 cm³/mol. The molecule has 0 spiro atoms. The van der Waals surface area contributed by atoms with E-state index in [1.165, 1.54) is 32.6 Å². The Bertz CT molecular complexity index is 563. The summed E-state index contributed by atoms with van der Waals surface area (Å²) >= 11 is 5.42. The Morgan fingerprint density at radius 3 is 2.84 bits per heavy atom. The molecule has 1 heterocycles.